The predicted octanol–water partition coefficient (Wildman–Crippen LogP) is 2.02. The molecule has 1 fully saturated rings. The van der Waals surface area contributed by atoms with Crippen molar-refractivity contribution < 1.29 is 14.3 Å². The smallest absolute Gasteiger partial charge is 0.338 e. The summed E-state index contributed by atoms with van der Waals surface area (Å²) in [5.41, 5.74) is 1.05. The first kappa shape index (κ1) is 18.0. The molecule has 0 radical (unpaired) electrons. The zero-order valence-electron chi connectivity index (χ0n) is 14.5. The van der Waals surface area contributed by atoms with Crippen molar-refractivity contribution >= 4 is 28.3 Å². The highest BCUT2D eigenvalue weighted by molar-refractivity contribution is 7.13. The molecule has 0 N–H and O–H groups in total. The Morgan fingerprint density at radius 3 is 2.77 bits per heavy atom. The van der Waals surface area contributed by atoms with Crippen LogP contribution in [-0.4, -0.2) is 54.5 Å². The number of ether oxygens (including phenoxy) is 1. The minimum absolute atomic E-state index is 0.203. The van der Waals surface area contributed by atoms with Gasteiger partial charge in [0.25, 0.3) is 5.91 Å². The molecule has 7 heteroatoms. The van der Waals surface area contributed by atoms with Gasteiger partial charge in [0.05, 0.1) is 12.2 Å². The number of piperazine rings is 1. The maximum atomic E-state index is 12.3. The second kappa shape index (κ2) is 8.50. The van der Waals surface area contributed by atoms with Crippen molar-refractivity contribution in [3.8, 4) is 11.8 Å². The average molecular weight is 369 g/mol. The summed E-state index contributed by atoms with van der Waals surface area (Å²) in [6, 6.07) is 6.80. The third-order valence-corrected chi connectivity index (χ3v) is 4.78. The number of anilines is 1. The fourth-order valence-electron chi connectivity index (χ4n) is 2.62. The standard InChI is InChI=1S/C19H19N3O3S/c1-2-25-18(24)16-5-3-4-15(14-16)6-7-17(23)21-9-11-22(12-10-21)19-20-8-13-26-19/h3-5,8,13-14H,2,9-12H2,1H3. The first-order valence-electron chi connectivity index (χ1n) is 8.40. The van der Waals surface area contributed by atoms with Crippen molar-refractivity contribution in [1.29, 1.82) is 0 Å². The molecule has 0 aliphatic carbocycles. The van der Waals surface area contributed by atoms with Crippen LogP contribution in [0, 0.1) is 11.8 Å². The number of aromatic nitrogens is 1. The van der Waals surface area contributed by atoms with E-state index in [2.05, 4.69) is 21.7 Å². The molecule has 1 saturated heterocycles. The number of carbonyl (C=O) groups is 2. The highest BCUT2D eigenvalue weighted by atomic mass is 32.1. The van der Waals surface area contributed by atoms with E-state index in [1.807, 2.05) is 5.38 Å². The monoisotopic (exact) mass is 369 g/mol. The highest BCUT2D eigenvalue weighted by Gasteiger charge is 2.21. The van der Waals surface area contributed by atoms with Crippen molar-refractivity contribution in [3.63, 3.8) is 0 Å². The topological polar surface area (TPSA) is 62.7 Å². The van der Waals surface area contributed by atoms with E-state index in [0.717, 1.165) is 18.2 Å². The van der Waals surface area contributed by atoms with Crippen LogP contribution in [-0.2, 0) is 9.53 Å². The quantitative estimate of drug-likeness (QED) is 0.612. The van der Waals surface area contributed by atoms with Gasteiger partial charge in [-0.3, -0.25) is 4.79 Å². The molecule has 2 heterocycles. The number of amides is 1. The molecule has 1 amide bonds. The van der Waals surface area contributed by atoms with Gasteiger partial charge < -0.3 is 14.5 Å². The summed E-state index contributed by atoms with van der Waals surface area (Å²) in [7, 11) is 0. The van der Waals surface area contributed by atoms with E-state index in [9.17, 15) is 9.59 Å². The zero-order chi connectivity index (χ0) is 18.4. The van der Waals surface area contributed by atoms with E-state index in [4.69, 9.17) is 4.74 Å². The molecule has 0 saturated carbocycles. The molecule has 1 aliphatic rings. The van der Waals surface area contributed by atoms with Gasteiger partial charge in [0.1, 0.15) is 0 Å². The van der Waals surface area contributed by atoms with E-state index >= 15 is 0 Å². The predicted molar refractivity (Wildman–Crippen MR) is 100 cm³/mol. The second-order valence-corrected chi connectivity index (χ2v) is 6.52. The van der Waals surface area contributed by atoms with E-state index < -0.39 is 0 Å². The molecule has 1 aromatic heterocycles. The molecule has 0 spiro atoms. The SMILES string of the molecule is CCOC(=O)c1cccc(C#CC(=O)N2CCN(c3nccs3)CC2)c1. The summed E-state index contributed by atoms with van der Waals surface area (Å²) in [5, 5.41) is 2.93. The van der Waals surface area contributed by atoms with Crippen LogP contribution in [0.5, 0.6) is 0 Å². The molecule has 0 unspecified atom stereocenters. The van der Waals surface area contributed by atoms with E-state index in [1.54, 1.807) is 53.6 Å². The van der Waals surface area contributed by atoms with Crippen molar-refractivity contribution in [3.05, 3.63) is 47.0 Å². The molecular formula is C19H19N3O3S. The number of rotatable bonds is 3. The molecule has 0 atom stereocenters. The lowest BCUT2D eigenvalue weighted by Gasteiger charge is -2.33. The van der Waals surface area contributed by atoms with Gasteiger partial charge in [-0.15, -0.1) is 11.3 Å². The Balaban J connectivity index is 1.59. The Morgan fingerprint density at radius 1 is 1.27 bits per heavy atom. The highest BCUT2D eigenvalue weighted by Crippen LogP contribution is 2.18. The van der Waals surface area contributed by atoms with Crippen LogP contribution >= 0.6 is 11.3 Å². The normalized spacial score (nSPS) is 13.7. The lowest BCUT2D eigenvalue weighted by atomic mass is 10.1. The number of benzene rings is 1. The lowest BCUT2D eigenvalue weighted by Crippen LogP contribution is -2.48. The summed E-state index contributed by atoms with van der Waals surface area (Å²) >= 11 is 1.60. The maximum absolute atomic E-state index is 12.3. The van der Waals surface area contributed by atoms with E-state index in [0.29, 0.717) is 30.8 Å². The van der Waals surface area contributed by atoms with Gasteiger partial charge in [0.2, 0.25) is 0 Å². The maximum Gasteiger partial charge on any atom is 0.338 e. The Hall–Kier alpha value is -2.85. The first-order chi connectivity index (χ1) is 12.7. The van der Waals surface area contributed by atoms with Gasteiger partial charge in [-0.05, 0) is 25.1 Å². The van der Waals surface area contributed by atoms with Gasteiger partial charge in [0.15, 0.2) is 5.13 Å². The van der Waals surface area contributed by atoms with Crippen LogP contribution in [0.3, 0.4) is 0 Å². The summed E-state index contributed by atoms with van der Waals surface area (Å²) in [6.07, 6.45) is 1.79. The van der Waals surface area contributed by atoms with Gasteiger partial charge in [-0.2, -0.15) is 0 Å². The lowest BCUT2D eigenvalue weighted by molar-refractivity contribution is -0.125. The van der Waals surface area contributed by atoms with E-state index in [-0.39, 0.29) is 11.9 Å². The number of hydrogen-bond acceptors (Lipinski definition) is 6. The van der Waals surface area contributed by atoms with Crippen molar-refractivity contribution in [2.24, 2.45) is 0 Å². The zero-order valence-corrected chi connectivity index (χ0v) is 15.3. The van der Waals surface area contributed by atoms with Crippen LogP contribution in [0.4, 0.5) is 5.13 Å². The molecule has 2 aromatic rings. The number of esters is 1. The Morgan fingerprint density at radius 2 is 2.08 bits per heavy atom. The Labute approximate surface area is 156 Å². The number of carbonyl (C=O) groups excluding carboxylic acids is 2. The molecule has 1 aliphatic heterocycles. The summed E-state index contributed by atoms with van der Waals surface area (Å²) in [6.45, 7) is 4.82. The molecule has 6 nitrogen and oxygen atoms in total. The summed E-state index contributed by atoms with van der Waals surface area (Å²) in [4.78, 5) is 32.3. The van der Waals surface area contributed by atoms with Crippen LogP contribution in [0.15, 0.2) is 35.8 Å². The largest absolute Gasteiger partial charge is 0.462 e. The van der Waals surface area contributed by atoms with Gasteiger partial charge in [-0.25, -0.2) is 9.78 Å². The number of nitrogens with zero attached hydrogens (tertiary/aromatic N) is 3. The number of hydrogen-bond donors (Lipinski definition) is 0. The molecule has 134 valence electrons. The van der Waals surface area contributed by atoms with Crippen molar-refractivity contribution in [2.45, 2.75) is 6.92 Å². The van der Waals surface area contributed by atoms with Crippen molar-refractivity contribution in [1.82, 2.24) is 9.88 Å². The minimum Gasteiger partial charge on any atom is -0.462 e. The third kappa shape index (κ3) is 4.41. The van der Waals surface area contributed by atoms with Crippen LogP contribution in [0.2, 0.25) is 0 Å². The Bertz CT molecular complexity index is 831. The summed E-state index contributed by atoms with van der Waals surface area (Å²) in [5.74, 6) is 4.92. The molecule has 26 heavy (non-hydrogen) atoms. The van der Waals surface area contributed by atoms with Gasteiger partial charge in [0, 0.05) is 49.2 Å². The number of thiazole rings is 1. The fourth-order valence-corrected chi connectivity index (χ4v) is 3.31. The van der Waals surface area contributed by atoms with Gasteiger partial charge >= 0.3 is 5.97 Å². The first-order valence-corrected chi connectivity index (χ1v) is 9.28. The second-order valence-electron chi connectivity index (χ2n) is 5.65. The molecule has 0 bridgehead atoms. The van der Waals surface area contributed by atoms with Crippen molar-refractivity contribution in [2.75, 3.05) is 37.7 Å². The third-order valence-electron chi connectivity index (χ3n) is 3.94. The minimum atomic E-state index is -0.388. The average Bonchev–Trinajstić information content (AvgIpc) is 3.21. The van der Waals surface area contributed by atoms with E-state index in [1.165, 1.54) is 0 Å². The fraction of sp³-hybridized carbons (Fsp3) is 0.316. The van der Waals surface area contributed by atoms with Crippen LogP contribution in [0.25, 0.3) is 0 Å². The van der Waals surface area contributed by atoms with Gasteiger partial charge in [-0.1, -0.05) is 12.0 Å². The Kier molecular flexibility index (Phi) is 5.87. The molecule has 1 aromatic carbocycles. The molecular weight excluding hydrogens is 350 g/mol. The van der Waals surface area contributed by atoms with Crippen LogP contribution in [0.1, 0.15) is 22.8 Å². The van der Waals surface area contributed by atoms with Crippen LogP contribution < -0.4 is 4.90 Å². The molecule has 3 rings (SSSR count). The summed E-state index contributed by atoms with van der Waals surface area (Å²) < 4.78 is 4.97.